The molecule has 0 saturated heterocycles. The Balaban J connectivity index is 1.29. The summed E-state index contributed by atoms with van der Waals surface area (Å²) in [5.74, 6) is -1.85. The molecule has 0 aliphatic heterocycles. The van der Waals surface area contributed by atoms with Gasteiger partial charge in [0.05, 0.1) is 6.10 Å². The Morgan fingerprint density at radius 1 is 0.941 bits per heavy atom. The van der Waals surface area contributed by atoms with E-state index in [4.69, 9.17) is 9.84 Å². The standard InChI is InChI=1S/C26H25NO7/c28-22-10-9-15(13-20(22)25(31)32)24(30)23(29)11-12-27-26(33)34-14-21-18-7-3-1-5-16(18)17-6-2-4-8-19(17)21/h1-10,13,21,23-24,28-30H,11-12,14H2,(H,27,33)(H,31,32). The zero-order valence-electron chi connectivity index (χ0n) is 18.2. The maximum atomic E-state index is 12.2. The van der Waals surface area contributed by atoms with Crippen LogP contribution in [0.25, 0.3) is 11.1 Å². The first-order valence-electron chi connectivity index (χ1n) is 10.9. The Kier molecular flexibility index (Phi) is 6.81. The van der Waals surface area contributed by atoms with Crippen molar-refractivity contribution in [2.24, 2.45) is 0 Å². The molecule has 2 unspecified atom stereocenters. The van der Waals surface area contributed by atoms with Crippen LogP contribution in [0.15, 0.2) is 66.7 Å². The second kappa shape index (κ2) is 9.94. The zero-order chi connectivity index (χ0) is 24.2. The average Bonchev–Trinajstić information content (AvgIpc) is 3.16. The van der Waals surface area contributed by atoms with Gasteiger partial charge in [-0.05, 0) is 46.4 Å². The number of nitrogens with one attached hydrogen (secondary N) is 1. The lowest BCUT2D eigenvalue weighted by molar-refractivity contribution is 0.0135. The molecule has 0 fully saturated rings. The smallest absolute Gasteiger partial charge is 0.407 e. The molecule has 0 aromatic heterocycles. The summed E-state index contributed by atoms with van der Waals surface area (Å²) in [4.78, 5) is 23.4. The maximum absolute atomic E-state index is 12.2. The predicted octanol–water partition coefficient (Wildman–Crippen LogP) is 3.41. The van der Waals surface area contributed by atoms with E-state index in [1.54, 1.807) is 0 Å². The molecule has 1 aliphatic rings. The number of aliphatic hydroxyl groups is 2. The third kappa shape index (κ3) is 4.73. The van der Waals surface area contributed by atoms with Gasteiger partial charge in [0.1, 0.15) is 24.0 Å². The minimum atomic E-state index is -1.39. The first kappa shape index (κ1) is 23.3. The summed E-state index contributed by atoms with van der Waals surface area (Å²) in [6.07, 6.45) is -3.28. The van der Waals surface area contributed by atoms with Gasteiger partial charge in [-0.1, -0.05) is 54.6 Å². The minimum Gasteiger partial charge on any atom is -0.507 e. The van der Waals surface area contributed by atoms with E-state index in [9.17, 15) is 24.9 Å². The highest BCUT2D eigenvalue weighted by Crippen LogP contribution is 2.44. The van der Waals surface area contributed by atoms with Gasteiger partial charge in [-0.15, -0.1) is 0 Å². The van der Waals surface area contributed by atoms with Crippen molar-refractivity contribution >= 4 is 12.1 Å². The first-order valence-corrected chi connectivity index (χ1v) is 10.9. The third-order valence-electron chi connectivity index (χ3n) is 6.01. The van der Waals surface area contributed by atoms with Crippen molar-refractivity contribution in [2.75, 3.05) is 13.2 Å². The van der Waals surface area contributed by atoms with E-state index in [1.807, 2.05) is 36.4 Å². The van der Waals surface area contributed by atoms with Gasteiger partial charge in [0.25, 0.3) is 0 Å². The quantitative estimate of drug-likeness (QED) is 0.345. The summed E-state index contributed by atoms with van der Waals surface area (Å²) >= 11 is 0. The number of amides is 1. The Bertz CT molecular complexity index is 1160. The summed E-state index contributed by atoms with van der Waals surface area (Å²) in [5.41, 5.74) is 4.23. The van der Waals surface area contributed by atoms with E-state index in [2.05, 4.69) is 17.4 Å². The summed E-state index contributed by atoms with van der Waals surface area (Å²) in [7, 11) is 0. The van der Waals surface area contributed by atoms with Gasteiger partial charge in [0, 0.05) is 12.5 Å². The molecular formula is C26H25NO7. The van der Waals surface area contributed by atoms with Gasteiger partial charge in [-0.3, -0.25) is 0 Å². The van der Waals surface area contributed by atoms with Crippen molar-refractivity contribution in [3.05, 3.63) is 89.0 Å². The summed E-state index contributed by atoms with van der Waals surface area (Å²) in [5, 5.41) is 41.8. The number of carbonyl (C=O) groups excluding carboxylic acids is 1. The molecule has 34 heavy (non-hydrogen) atoms. The van der Waals surface area contributed by atoms with Crippen molar-refractivity contribution in [1.29, 1.82) is 0 Å². The van der Waals surface area contributed by atoms with Gasteiger partial charge >= 0.3 is 12.1 Å². The molecule has 0 spiro atoms. The number of fused-ring (bicyclic) bond motifs is 3. The number of aromatic hydroxyl groups is 1. The van der Waals surface area contributed by atoms with Crippen LogP contribution in [-0.4, -0.2) is 51.7 Å². The predicted molar refractivity (Wildman–Crippen MR) is 124 cm³/mol. The van der Waals surface area contributed by atoms with Gasteiger partial charge in [0.15, 0.2) is 0 Å². The number of alkyl carbamates (subject to hydrolysis) is 1. The van der Waals surface area contributed by atoms with Crippen LogP contribution < -0.4 is 5.32 Å². The van der Waals surface area contributed by atoms with Crippen molar-refractivity contribution in [3.8, 4) is 16.9 Å². The summed E-state index contributed by atoms with van der Waals surface area (Å²) < 4.78 is 5.43. The fourth-order valence-electron chi connectivity index (χ4n) is 4.26. The molecule has 0 heterocycles. The van der Waals surface area contributed by atoms with Crippen molar-refractivity contribution < 1.29 is 34.8 Å². The molecule has 1 aliphatic carbocycles. The summed E-state index contributed by atoms with van der Waals surface area (Å²) in [6.45, 7) is 0.204. The Hall–Kier alpha value is -3.88. The SMILES string of the molecule is O=C(NCCC(O)C(O)c1ccc(O)c(C(=O)O)c1)OCC1c2ccccc2-c2ccccc21. The van der Waals surface area contributed by atoms with Gasteiger partial charge in [-0.25, -0.2) is 9.59 Å². The number of aromatic carboxylic acids is 1. The van der Waals surface area contributed by atoms with Gasteiger partial charge in [-0.2, -0.15) is 0 Å². The molecule has 176 valence electrons. The topological polar surface area (TPSA) is 136 Å². The van der Waals surface area contributed by atoms with Gasteiger partial charge in [0.2, 0.25) is 0 Å². The van der Waals surface area contributed by atoms with E-state index in [0.717, 1.165) is 34.4 Å². The largest absolute Gasteiger partial charge is 0.507 e. The summed E-state index contributed by atoms with van der Waals surface area (Å²) in [6, 6.07) is 19.6. The number of hydrogen-bond donors (Lipinski definition) is 5. The van der Waals surface area contributed by atoms with Crippen molar-refractivity contribution in [2.45, 2.75) is 24.5 Å². The molecule has 3 aromatic rings. The molecule has 1 amide bonds. The van der Waals surface area contributed by atoms with Crippen LogP contribution in [0.1, 0.15) is 45.5 Å². The Labute approximate surface area is 196 Å². The number of rotatable bonds is 8. The first-order chi connectivity index (χ1) is 16.4. The lowest BCUT2D eigenvalue weighted by Crippen LogP contribution is -2.30. The highest BCUT2D eigenvalue weighted by atomic mass is 16.5. The van der Waals surface area contributed by atoms with Crippen molar-refractivity contribution in [1.82, 2.24) is 5.32 Å². The maximum Gasteiger partial charge on any atom is 0.407 e. The van der Waals surface area contributed by atoms with Crippen LogP contribution in [-0.2, 0) is 4.74 Å². The van der Waals surface area contributed by atoms with Crippen LogP contribution in [0.4, 0.5) is 4.79 Å². The second-order valence-corrected chi connectivity index (χ2v) is 8.13. The Morgan fingerprint density at radius 3 is 2.18 bits per heavy atom. The van der Waals surface area contributed by atoms with Crippen LogP contribution >= 0.6 is 0 Å². The molecule has 0 radical (unpaired) electrons. The number of aliphatic hydroxyl groups excluding tert-OH is 2. The molecule has 0 bridgehead atoms. The lowest BCUT2D eigenvalue weighted by atomic mass is 9.98. The van der Waals surface area contributed by atoms with E-state index in [-0.39, 0.29) is 36.6 Å². The second-order valence-electron chi connectivity index (χ2n) is 8.13. The molecule has 4 rings (SSSR count). The molecule has 2 atom stereocenters. The van der Waals surface area contributed by atoms with E-state index in [1.165, 1.54) is 6.07 Å². The number of ether oxygens (including phenoxy) is 1. The normalized spacial score (nSPS) is 14.1. The Morgan fingerprint density at radius 2 is 1.56 bits per heavy atom. The number of carboxylic acids is 1. The highest BCUT2D eigenvalue weighted by molar-refractivity contribution is 5.91. The van der Waals surface area contributed by atoms with Crippen LogP contribution in [0.5, 0.6) is 5.75 Å². The average molecular weight is 463 g/mol. The van der Waals surface area contributed by atoms with Crippen LogP contribution in [0, 0.1) is 0 Å². The lowest BCUT2D eigenvalue weighted by Gasteiger charge is -2.19. The number of phenols is 1. The van der Waals surface area contributed by atoms with E-state index < -0.39 is 30.0 Å². The fourth-order valence-corrected chi connectivity index (χ4v) is 4.26. The molecule has 5 N–H and O–H groups in total. The van der Waals surface area contributed by atoms with Gasteiger partial charge < -0.3 is 30.5 Å². The molecule has 3 aromatic carbocycles. The van der Waals surface area contributed by atoms with Crippen LogP contribution in [0.2, 0.25) is 0 Å². The fraction of sp³-hybridized carbons (Fsp3) is 0.231. The highest BCUT2D eigenvalue weighted by Gasteiger charge is 2.29. The molecule has 0 saturated carbocycles. The van der Waals surface area contributed by atoms with E-state index >= 15 is 0 Å². The minimum absolute atomic E-state index is 0.00857. The zero-order valence-corrected chi connectivity index (χ0v) is 18.2. The van der Waals surface area contributed by atoms with Crippen LogP contribution in [0.3, 0.4) is 0 Å². The van der Waals surface area contributed by atoms with Crippen molar-refractivity contribution in [3.63, 3.8) is 0 Å². The number of benzene rings is 3. The third-order valence-corrected chi connectivity index (χ3v) is 6.01. The monoisotopic (exact) mass is 463 g/mol. The number of hydrogen-bond acceptors (Lipinski definition) is 6. The molecular weight excluding hydrogens is 438 g/mol. The van der Waals surface area contributed by atoms with E-state index in [0.29, 0.717) is 0 Å². The molecule has 8 nitrogen and oxygen atoms in total. The number of carboxylic acid groups (broad SMARTS) is 1. The number of carbonyl (C=O) groups is 2. The molecule has 8 heteroatoms.